The van der Waals surface area contributed by atoms with Crippen LogP contribution in [0.15, 0.2) is 47.4 Å². The minimum Gasteiger partial charge on any atom is -0.497 e. The van der Waals surface area contributed by atoms with E-state index in [1.165, 1.54) is 0 Å². The van der Waals surface area contributed by atoms with E-state index >= 15 is 0 Å². The molecule has 0 radical (unpaired) electrons. The molecule has 2 aromatic carbocycles. The summed E-state index contributed by atoms with van der Waals surface area (Å²) in [4.78, 5) is 18.3. The van der Waals surface area contributed by atoms with Crippen molar-refractivity contribution in [2.75, 3.05) is 44.4 Å². The molecule has 25 heavy (non-hydrogen) atoms. The van der Waals surface area contributed by atoms with Gasteiger partial charge in [0.05, 0.1) is 7.11 Å². The molecule has 0 bridgehead atoms. The molecule has 3 rings (SSSR count). The van der Waals surface area contributed by atoms with E-state index in [0.717, 1.165) is 53.6 Å². The van der Waals surface area contributed by atoms with E-state index in [4.69, 9.17) is 4.74 Å². The van der Waals surface area contributed by atoms with Crippen molar-refractivity contribution in [3.8, 4) is 5.75 Å². The summed E-state index contributed by atoms with van der Waals surface area (Å²) in [6, 6.07) is 14.2. The van der Waals surface area contributed by atoms with Gasteiger partial charge in [-0.25, -0.2) is 0 Å². The van der Waals surface area contributed by atoms with Crippen molar-refractivity contribution >= 4 is 23.4 Å². The molecule has 1 aliphatic rings. The Labute approximate surface area is 153 Å². The third-order valence-electron chi connectivity index (χ3n) is 4.66. The second kappa shape index (κ2) is 7.83. The average Bonchev–Trinajstić information content (AvgIpc) is 2.68. The molecule has 132 valence electrons. The van der Waals surface area contributed by atoms with Crippen LogP contribution in [-0.2, 0) is 0 Å². The van der Waals surface area contributed by atoms with Crippen molar-refractivity contribution < 1.29 is 9.53 Å². The Hall–Kier alpha value is -2.14. The van der Waals surface area contributed by atoms with E-state index < -0.39 is 0 Å². The lowest BCUT2D eigenvalue weighted by Crippen LogP contribution is -2.49. The lowest BCUT2D eigenvalue weighted by Gasteiger charge is -2.36. The van der Waals surface area contributed by atoms with Gasteiger partial charge < -0.3 is 14.5 Å². The van der Waals surface area contributed by atoms with Crippen molar-refractivity contribution in [3.05, 3.63) is 53.6 Å². The van der Waals surface area contributed by atoms with Gasteiger partial charge in [0.15, 0.2) is 0 Å². The first-order valence-corrected chi connectivity index (χ1v) is 9.68. The Balaban J connectivity index is 1.68. The number of nitrogens with zero attached hydrogens (tertiary/aromatic N) is 2. The highest BCUT2D eigenvalue weighted by Crippen LogP contribution is 2.24. The van der Waals surface area contributed by atoms with E-state index in [0.29, 0.717) is 0 Å². The maximum absolute atomic E-state index is 12.9. The van der Waals surface area contributed by atoms with Crippen LogP contribution < -0.4 is 9.64 Å². The van der Waals surface area contributed by atoms with Crippen molar-refractivity contribution in [1.82, 2.24) is 4.90 Å². The van der Waals surface area contributed by atoms with Gasteiger partial charge in [0.2, 0.25) is 0 Å². The van der Waals surface area contributed by atoms with Gasteiger partial charge in [-0.3, -0.25) is 4.79 Å². The number of rotatable bonds is 4. The van der Waals surface area contributed by atoms with Gasteiger partial charge in [0.1, 0.15) is 5.75 Å². The van der Waals surface area contributed by atoms with Crippen LogP contribution in [0.25, 0.3) is 0 Å². The Morgan fingerprint density at radius 3 is 2.52 bits per heavy atom. The summed E-state index contributed by atoms with van der Waals surface area (Å²) in [6.45, 7) is 5.14. The Morgan fingerprint density at radius 2 is 1.84 bits per heavy atom. The normalized spacial score (nSPS) is 14.5. The van der Waals surface area contributed by atoms with E-state index in [-0.39, 0.29) is 5.91 Å². The molecule has 1 fully saturated rings. The number of thioether (sulfide) groups is 1. The Bertz CT molecular complexity index is 755. The largest absolute Gasteiger partial charge is 0.497 e. The van der Waals surface area contributed by atoms with E-state index in [9.17, 15) is 4.79 Å². The summed E-state index contributed by atoms with van der Waals surface area (Å²) < 4.78 is 5.30. The van der Waals surface area contributed by atoms with Gasteiger partial charge in [0.25, 0.3) is 5.91 Å². The molecule has 4 nitrogen and oxygen atoms in total. The summed E-state index contributed by atoms with van der Waals surface area (Å²) in [5, 5.41) is 0. The number of aryl methyl sites for hydroxylation is 1. The number of hydrogen-bond acceptors (Lipinski definition) is 4. The number of hydrogen-bond donors (Lipinski definition) is 0. The molecule has 0 unspecified atom stereocenters. The lowest BCUT2D eigenvalue weighted by atomic mass is 10.1. The fraction of sp³-hybridized carbons (Fsp3) is 0.350. The first-order chi connectivity index (χ1) is 12.1. The highest BCUT2D eigenvalue weighted by Gasteiger charge is 2.23. The van der Waals surface area contributed by atoms with E-state index in [1.807, 2.05) is 48.4 Å². The lowest BCUT2D eigenvalue weighted by molar-refractivity contribution is 0.0746. The van der Waals surface area contributed by atoms with Crippen molar-refractivity contribution in [2.45, 2.75) is 11.8 Å². The molecule has 0 N–H and O–H groups in total. The molecule has 0 atom stereocenters. The first kappa shape index (κ1) is 17.7. The van der Waals surface area contributed by atoms with Crippen LogP contribution in [0.2, 0.25) is 0 Å². The fourth-order valence-electron chi connectivity index (χ4n) is 3.10. The number of carbonyl (C=O) groups excluding carboxylic acids is 1. The summed E-state index contributed by atoms with van der Waals surface area (Å²) in [5.41, 5.74) is 3.01. The predicted octanol–water partition coefficient (Wildman–Crippen LogP) is 3.69. The molecule has 2 aromatic rings. The Kier molecular flexibility index (Phi) is 5.53. The maximum Gasteiger partial charge on any atom is 0.254 e. The summed E-state index contributed by atoms with van der Waals surface area (Å²) in [6.07, 6.45) is 2.03. The average molecular weight is 356 g/mol. The number of anilines is 1. The molecule has 1 saturated heterocycles. The van der Waals surface area contributed by atoms with Gasteiger partial charge in [-0.05, 0) is 43.0 Å². The topological polar surface area (TPSA) is 32.8 Å². The van der Waals surface area contributed by atoms with Crippen LogP contribution in [0, 0.1) is 6.92 Å². The van der Waals surface area contributed by atoms with E-state index in [1.54, 1.807) is 18.9 Å². The van der Waals surface area contributed by atoms with Gasteiger partial charge in [-0.15, -0.1) is 11.8 Å². The summed E-state index contributed by atoms with van der Waals surface area (Å²) in [5.74, 6) is 0.999. The molecule has 0 spiro atoms. The first-order valence-electron chi connectivity index (χ1n) is 8.45. The highest BCUT2D eigenvalue weighted by atomic mass is 32.2. The molecular weight excluding hydrogens is 332 g/mol. The summed E-state index contributed by atoms with van der Waals surface area (Å²) >= 11 is 1.67. The zero-order valence-electron chi connectivity index (χ0n) is 15.0. The fourth-order valence-corrected chi connectivity index (χ4v) is 3.54. The van der Waals surface area contributed by atoms with Crippen LogP contribution in [-0.4, -0.2) is 50.4 Å². The molecule has 0 saturated carbocycles. The monoisotopic (exact) mass is 356 g/mol. The quantitative estimate of drug-likeness (QED) is 0.782. The number of amides is 1. The highest BCUT2D eigenvalue weighted by molar-refractivity contribution is 7.98. The van der Waals surface area contributed by atoms with Crippen molar-refractivity contribution in [2.24, 2.45) is 0 Å². The zero-order valence-corrected chi connectivity index (χ0v) is 15.8. The SMILES string of the molecule is COc1cccc(N2CCN(C(=O)c3cc(SC)ccc3C)CC2)c1. The zero-order chi connectivity index (χ0) is 17.8. The van der Waals surface area contributed by atoms with Crippen molar-refractivity contribution in [1.29, 1.82) is 0 Å². The standard InChI is InChI=1S/C20H24N2O2S/c1-15-7-8-18(25-3)14-19(15)20(23)22-11-9-21(10-12-22)16-5-4-6-17(13-16)24-2/h4-8,13-14H,9-12H2,1-3H3. The maximum atomic E-state index is 12.9. The van der Waals surface area contributed by atoms with Crippen LogP contribution in [0.1, 0.15) is 15.9 Å². The van der Waals surface area contributed by atoms with Crippen LogP contribution in [0.5, 0.6) is 5.75 Å². The van der Waals surface area contributed by atoms with Crippen LogP contribution >= 0.6 is 11.8 Å². The number of ether oxygens (including phenoxy) is 1. The third-order valence-corrected chi connectivity index (χ3v) is 5.39. The van der Waals surface area contributed by atoms with Crippen molar-refractivity contribution in [3.63, 3.8) is 0 Å². The minimum absolute atomic E-state index is 0.138. The molecule has 0 aliphatic carbocycles. The van der Waals surface area contributed by atoms with Gasteiger partial charge in [-0.1, -0.05) is 12.1 Å². The van der Waals surface area contributed by atoms with Crippen LogP contribution in [0.3, 0.4) is 0 Å². The number of benzene rings is 2. The van der Waals surface area contributed by atoms with E-state index in [2.05, 4.69) is 17.0 Å². The third kappa shape index (κ3) is 3.93. The molecule has 0 aromatic heterocycles. The number of methoxy groups -OCH3 is 1. The number of piperazine rings is 1. The van der Waals surface area contributed by atoms with Gasteiger partial charge >= 0.3 is 0 Å². The molecule has 1 heterocycles. The summed E-state index contributed by atoms with van der Waals surface area (Å²) in [7, 11) is 1.68. The second-order valence-electron chi connectivity index (χ2n) is 6.16. The number of carbonyl (C=O) groups is 1. The second-order valence-corrected chi connectivity index (χ2v) is 7.04. The Morgan fingerprint density at radius 1 is 1.08 bits per heavy atom. The van der Waals surface area contributed by atoms with Gasteiger partial charge in [0, 0.05) is 48.4 Å². The molecule has 5 heteroatoms. The molecule has 1 aliphatic heterocycles. The van der Waals surface area contributed by atoms with Crippen LogP contribution in [0.4, 0.5) is 5.69 Å². The van der Waals surface area contributed by atoms with Gasteiger partial charge in [-0.2, -0.15) is 0 Å². The predicted molar refractivity (Wildman–Crippen MR) is 104 cm³/mol. The molecule has 1 amide bonds. The smallest absolute Gasteiger partial charge is 0.254 e. The minimum atomic E-state index is 0.138. The molecular formula is C20H24N2O2S.